The van der Waals surface area contributed by atoms with Crippen LogP contribution < -0.4 is 4.57 Å². The van der Waals surface area contributed by atoms with Crippen LogP contribution in [0.2, 0.25) is 0 Å². The topological polar surface area (TPSA) is 3.88 Å². The van der Waals surface area contributed by atoms with E-state index >= 15 is 0 Å². The summed E-state index contributed by atoms with van der Waals surface area (Å²) in [5.41, 5.74) is 2.97. The van der Waals surface area contributed by atoms with Gasteiger partial charge in [-0.2, -0.15) is 0 Å². The van der Waals surface area contributed by atoms with Crippen molar-refractivity contribution in [1.82, 2.24) is 0 Å². The van der Waals surface area contributed by atoms with Crippen molar-refractivity contribution in [2.75, 3.05) is 0 Å². The lowest BCUT2D eigenvalue weighted by atomic mass is 10.1. The van der Waals surface area contributed by atoms with Crippen LogP contribution in [0.3, 0.4) is 0 Å². The van der Waals surface area contributed by atoms with Crippen LogP contribution in [0, 0.1) is 0 Å². The van der Waals surface area contributed by atoms with E-state index in [2.05, 4.69) is 50.7 Å². The number of nitrogens with zero attached hydrogens (tertiary/aromatic N) is 1. The van der Waals surface area contributed by atoms with E-state index in [1.54, 1.807) is 0 Å². The summed E-state index contributed by atoms with van der Waals surface area (Å²) in [6.45, 7) is 8.86. The molecule has 0 amide bonds. The molecule has 0 atom stereocenters. The first-order valence-electron chi connectivity index (χ1n) is 5.21. The second-order valence-electron chi connectivity index (χ2n) is 3.74. The number of rotatable bonds is 3. The number of hydrogen-bond acceptors (Lipinski definition) is 0. The summed E-state index contributed by atoms with van der Waals surface area (Å²) in [5, 5.41) is 0. The fourth-order valence-corrected chi connectivity index (χ4v) is 1.57. The van der Waals surface area contributed by atoms with Gasteiger partial charge in [0.05, 0.1) is 0 Å². The summed E-state index contributed by atoms with van der Waals surface area (Å²) in [6.07, 6.45) is 6.74. The zero-order valence-corrected chi connectivity index (χ0v) is 9.17. The van der Waals surface area contributed by atoms with Crippen LogP contribution in [-0.4, -0.2) is 0 Å². The molecular formula is C12H20N+. The molecule has 0 saturated heterocycles. The van der Waals surface area contributed by atoms with Crippen molar-refractivity contribution in [3.05, 3.63) is 29.6 Å². The molecule has 1 aromatic heterocycles. The molecular weight excluding hydrogens is 158 g/mol. The normalized spacial score (nSPS) is 10.8. The molecule has 1 nitrogen and oxygen atoms in total. The van der Waals surface area contributed by atoms with Gasteiger partial charge in [0, 0.05) is 11.6 Å². The number of aryl methyl sites for hydroxylation is 2. The molecule has 1 heterocycles. The Balaban J connectivity index is 3.05. The van der Waals surface area contributed by atoms with E-state index in [1.165, 1.54) is 11.1 Å². The monoisotopic (exact) mass is 178 g/mol. The second-order valence-corrected chi connectivity index (χ2v) is 3.74. The molecule has 0 aliphatic rings. The number of aromatic nitrogens is 1. The highest BCUT2D eigenvalue weighted by atomic mass is 15.0. The lowest BCUT2D eigenvalue weighted by Gasteiger charge is -2.06. The van der Waals surface area contributed by atoms with Crippen molar-refractivity contribution in [3.8, 4) is 0 Å². The van der Waals surface area contributed by atoms with Gasteiger partial charge in [0.25, 0.3) is 0 Å². The molecule has 0 radical (unpaired) electrons. The summed E-state index contributed by atoms with van der Waals surface area (Å²) < 4.78 is 2.28. The predicted molar refractivity (Wildman–Crippen MR) is 55.8 cm³/mol. The molecule has 0 unspecified atom stereocenters. The molecule has 13 heavy (non-hydrogen) atoms. The molecule has 0 spiro atoms. The third kappa shape index (κ3) is 2.30. The molecule has 0 aromatic carbocycles. The predicted octanol–water partition coefficient (Wildman–Crippen LogP) is 2.68. The SMILES string of the molecule is CCc1cc[n+](C(C)C)cc1CC. The van der Waals surface area contributed by atoms with Crippen LogP contribution in [0.1, 0.15) is 44.9 Å². The smallest absolute Gasteiger partial charge is 0.172 e. The van der Waals surface area contributed by atoms with Crippen molar-refractivity contribution in [2.24, 2.45) is 0 Å². The summed E-state index contributed by atoms with van der Waals surface area (Å²) in [4.78, 5) is 0. The maximum atomic E-state index is 2.28. The first-order valence-corrected chi connectivity index (χ1v) is 5.21. The van der Waals surface area contributed by atoms with Gasteiger partial charge in [-0.25, -0.2) is 4.57 Å². The molecule has 0 aliphatic heterocycles. The van der Waals surface area contributed by atoms with E-state index in [0.29, 0.717) is 6.04 Å². The van der Waals surface area contributed by atoms with E-state index in [0.717, 1.165) is 12.8 Å². The van der Waals surface area contributed by atoms with Crippen molar-refractivity contribution in [1.29, 1.82) is 0 Å². The minimum absolute atomic E-state index is 0.566. The van der Waals surface area contributed by atoms with Gasteiger partial charge >= 0.3 is 0 Å². The molecule has 1 heteroatoms. The summed E-state index contributed by atoms with van der Waals surface area (Å²) in [7, 11) is 0. The van der Waals surface area contributed by atoms with E-state index < -0.39 is 0 Å². The lowest BCUT2D eigenvalue weighted by molar-refractivity contribution is -0.716. The zero-order valence-electron chi connectivity index (χ0n) is 9.17. The van der Waals surface area contributed by atoms with Gasteiger partial charge in [0.2, 0.25) is 0 Å². The quantitative estimate of drug-likeness (QED) is 0.627. The van der Waals surface area contributed by atoms with Crippen molar-refractivity contribution in [2.45, 2.75) is 46.6 Å². The molecule has 0 fully saturated rings. The van der Waals surface area contributed by atoms with Gasteiger partial charge in [0.1, 0.15) is 0 Å². The maximum absolute atomic E-state index is 2.28. The van der Waals surface area contributed by atoms with Crippen LogP contribution in [-0.2, 0) is 12.8 Å². The Labute approximate surface area is 81.4 Å². The first-order chi connectivity index (χ1) is 6.19. The molecule has 1 rings (SSSR count). The van der Waals surface area contributed by atoms with Gasteiger partial charge < -0.3 is 0 Å². The molecule has 0 N–H and O–H groups in total. The van der Waals surface area contributed by atoms with Gasteiger partial charge in [-0.1, -0.05) is 13.8 Å². The average molecular weight is 178 g/mol. The molecule has 0 saturated carbocycles. The first kappa shape index (κ1) is 10.2. The highest BCUT2D eigenvalue weighted by Gasteiger charge is 2.09. The van der Waals surface area contributed by atoms with Gasteiger partial charge in [-0.15, -0.1) is 0 Å². The van der Waals surface area contributed by atoms with Crippen molar-refractivity contribution < 1.29 is 4.57 Å². The van der Waals surface area contributed by atoms with Crippen LogP contribution in [0.25, 0.3) is 0 Å². The second kappa shape index (κ2) is 4.40. The van der Waals surface area contributed by atoms with E-state index in [9.17, 15) is 0 Å². The van der Waals surface area contributed by atoms with E-state index in [1.807, 2.05) is 0 Å². The van der Waals surface area contributed by atoms with Crippen LogP contribution in [0.15, 0.2) is 18.5 Å². The number of pyridine rings is 1. The molecule has 72 valence electrons. The van der Waals surface area contributed by atoms with E-state index in [4.69, 9.17) is 0 Å². The fourth-order valence-electron chi connectivity index (χ4n) is 1.57. The average Bonchev–Trinajstić information content (AvgIpc) is 2.16. The molecule has 0 aliphatic carbocycles. The Morgan fingerprint density at radius 1 is 1.15 bits per heavy atom. The van der Waals surface area contributed by atoms with Gasteiger partial charge in [-0.05, 0) is 32.3 Å². The Morgan fingerprint density at radius 2 is 1.77 bits per heavy atom. The van der Waals surface area contributed by atoms with Crippen LogP contribution in [0.4, 0.5) is 0 Å². The fraction of sp³-hybridized carbons (Fsp3) is 0.583. The molecule has 1 aromatic rings. The highest BCUT2D eigenvalue weighted by molar-refractivity contribution is 5.20. The summed E-state index contributed by atoms with van der Waals surface area (Å²) in [6, 6.07) is 2.81. The van der Waals surface area contributed by atoms with E-state index in [-0.39, 0.29) is 0 Å². The van der Waals surface area contributed by atoms with Crippen LogP contribution >= 0.6 is 0 Å². The number of hydrogen-bond donors (Lipinski definition) is 0. The summed E-state index contributed by atoms with van der Waals surface area (Å²) >= 11 is 0. The maximum Gasteiger partial charge on any atom is 0.172 e. The zero-order chi connectivity index (χ0) is 9.84. The van der Waals surface area contributed by atoms with Gasteiger partial charge in [0.15, 0.2) is 18.4 Å². The third-order valence-electron chi connectivity index (χ3n) is 2.52. The Bertz CT molecular complexity index is 276. The highest BCUT2D eigenvalue weighted by Crippen LogP contribution is 2.08. The minimum atomic E-state index is 0.566. The standard InChI is InChI=1S/C12H20N/c1-5-11-7-8-13(10(3)4)9-12(11)6-2/h7-10H,5-6H2,1-4H3/q+1. The summed E-state index contributed by atoms with van der Waals surface area (Å²) in [5.74, 6) is 0. The largest absolute Gasteiger partial charge is 0.203 e. The molecule has 0 bridgehead atoms. The minimum Gasteiger partial charge on any atom is -0.203 e. The lowest BCUT2D eigenvalue weighted by Crippen LogP contribution is -2.36. The third-order valence-corrected chi connectivity index (χ3v) is 2.52. The van der Waals surface area contributed by atoms with Gasteiger partial charge in [-0.3, -0.25) is 0 Å². The Hall–Kier alpha value is -0.850. The van der Waals surface area contributed by atoms with Crippen molar-refractivity contribution >= 4 is 0 Å². The Morgan fingerprint density at radius 3 is 2.23 bits per heavy atom. The van der Waals surface area contributed by atoms with Crippen LogP contribution in [0.5, 0.6) is 0 Å². The van der Waals surface area contributed by atoms with Crippen molar-refractivity contribution in [3.63, 3.8) is 0 Å². The Kier molecular flexibility index (Phi) is 3.47.